The van der Waals surface area contributed by atoms with Gasteiger partial charge in [-0.2, -0.15) is 0 Å². The topological polar surface area (TPSA) is 65.3 Å². The van der Waals surface area contributed by atoms with E-state index in [0.717, 1.165) is 7.11 Å². The van der Waals surface area contributed by atoms with Gasteiger partial charge in [0.15, 0.2) is 5.88 Å². The molecular weight excluding hydrogens is 255 g/mol. The van der Waals surface area contributed by atoms with Crippen molar-refractivity contribution in [3.63, 3.8) is 0 Å². The molecule has 0 aliphatic rings. The van der Waals surface area contributed by atoms with Crippen molar-refractivity contribution in [2.24, 2.45) is 0 Å². The molecule has 1 heterocycles. The van der Waals surface area contributed by atoms with Gasteiger partial charge >= 0.3 is 58.4 Å². The molecule has 1 aromatic heterocycles. The minimum atomic E-state index is -5.38. The van der Waals surface area contributed by atoms with Gasteiger partial charge in [0.05, 0.1) is 12.0 Å². The van der Waals surface area contributed by atoms with Gasteiger partial charge in [-0.05, 0) is 11.5 Å². The fourth-order valence-corrected chi connectivity index (χ4v) is 0.963. The molecule has 0 saturated carbocycles. The molecule has 0 spiro atoms. The number of rotatable bonds is 3. The Kier molecular flexibility index (Phi) is 5.90. The van der Waals surface area contributed by atoms with Gasteiger partial charge in [-0.15, -0.1) is 0 Å². The van der Waals surface area contributed by atoms with Crippen LogP contribution in [0, 0.1) is 10.1 Å². The standard InChI is InChI=1S/C6H5BF3N2O3.K/c1-15-6-5(7(8,9)10)2-4(3-11-6)12(13)14;/h2-3H,1H3;/q-1;+1. The van der Waals surface area contributed by atoms with E-state index < -0.39 is 28.9 Å². The van der Waals surface area contributed by atoms with Crippen LogP contribution in [-0.4, -0.2) is 24.0 Å². The van der Waals surface area contributed by atoms with Gasteiger partial charge in [0.25, 0.3) is 5.69 Å². The number of nitrogens with zero attached hydrogens (tertiary/aromatic N) is 2. The average Bonchev–Trinajstić information content (AvgIpc) is 2.15. The van der Waals surface area contributed by atoms with E-state index in [2.05, 4.69) is 9.72 Å². The zero-order valence-corrected chi connectivity index (χ0v) is 11.6. The minimum Gasteiger partial charge on any atom is -0.483 e. The first-order chi connectivity index (χ1) is 6.86. The second kappa shape index (κ2) is 5.96. The Balaban J connectivity index is 0.00000225. The molecule has 1 rings (SSSR count). The molecule has 0 aliphatic carbocycles. The molecule has 0 radical (unpaired) electrons. The van der Waals surface area contributed by atoms with E-state index >= 15 is 0 Å². The zero-order chi connectivity index (χ0) is 11.6. The second-order valence-electron chi connectivity index (χ2n) is 2.62. The van der Waals surface area contributed by atoms with E-state index in [1.54, 1.807) is 0 Å². The van der Waals surface area contributed by atoms with Crippen molar-refractivity contribution in [3.8, 4) is 5.88 Å². The molecule has 16 heavy (non-hydrogen) atoms. The van der Waals surface area contributed by atoms with E-state index in [0.29, 0.717) is 12.3 Å². The molecular formula is C6H5BF3KN2O3. The summed E-state index contributed by atoms with van der Waals surface area (Å²) in [4.78, 5) is 12.5. The Morgan fingerprint density at radius 3 is 2.44 bits per heavy atom. The maximum atomic E-state index is 12.4. The van der Waals surface area contributed by atoms with Crippen LogP contribution < -0.4 is 61.6 Å². The maximum Gasteiger partial charge on any atom is 1.00 e. The van der Waals surface area contributed by atoms with Crippen LogP contribution in [-0.2, 0) is 0 Å². The quantitative estimate of drug-likeness (QED) is 0.360. The van der Waals surface area contributed by atoms with Crippen molar-refractivity contribution >= 4 is 18.1 Å². The number of methoxy groups -OCH3 is 1. The van der Waals surface area contributed by atoms with Crippen molar-refractivity contribution in [2.75, 3.05) is 7.11 Å². The summed E-state index contributed by atoms with van der Waals surface area (Å²) in [6.45, 7) is -5.38. The van der Waals surface area contributed by atoms with Crippen LogP contribution in [0.25, 0.3) is 0 Å². The van der Waals surface area contributed by atoms with Gasteiger partial charge in [0.1, 0.15) is 6.20 Å². The fraction of sp³-hybridized carbons (Fsp3) is 0.167. The Hall–Kier alpha value is -0.159. The van der Waals surface area contributed by atoms with Crippen LogP contribution >= 0.6 is 0 Å². The van der Waals surface area contributed by atoms with Crippen LogP contribution in [0.15, 0.2) is 12.3 Å². The molecule has 0 bridgehead atoms. The first kappa shape index (κ1) is 15.8. The number of ether oxygens (including phenoxy) is 1. The number of aromatic nitrogens is 1. The number of nitro groups is 1. The van der Waals surface area contributed by atoms with Gasteiger partial charge in [-0.3, -0.25) is 10.1 Å². The molecule has 0 atom stereocenters. The van der Waals surface area contributed by atoms with Gasteiger partial charge < -0.3 is 17.7 Å². The third-order valence-corrected chi connectivity index (χ3v) is 1.62. The van der Waals surface area contributed by atoms with Crippen molar-refractivity contribution in [3.05, 3.63) is 22.4 Å². The summed E-state index contributed by atoms with van der Waals surface area (Å²) < 4.78 is 41.6. The molecule has 10 heteroatoms. The molecule has 82 valence electrons. The molecule has 0 fully saturated rings. The van der Waals surface area contributed by atoms with Crippen molar-refractivity contribution in [2.45, 2.75) is 0 Å². The summed E-state index contributed by atoms with van der Waals surface area (Å²) in [5.41, 5.74) is -1.92. The number of pyridine rings is 1. The summed E-state index contributed by atoms with van der Waals surface area (Å²) in [5, 5.41) is 10.2. The Bertz CT molecular complexity index is 401. The van der Waals surface area contributed by atoms with Crippen LogP contribution in [0.4, 0.5) is 18.6 Å². The van der Waals surface area contributed by atoms with E-state index in [1.165, 1.54) is 0 Å². The molecule has 0 unspecified atom stereocenters. The van der Waals surface area contributed by atoms with Gasteiger partial charge in [0, 0.05) is 0 Å². The Morgan fingerprint density at radius 1 is 1.50 bits per heavy atom. The van der Waals surface area contributed by atoms with Gasteiger partial charge in [0.2, 0.25) is 0 Å². The van der Waals surface area contributed by atoms with E-state index in [-0.39, 0.29) is 51.4 Å². The number of hydrogen-bond acceptors (Lipinski definition) is 4. The normalized spacial score (nSPS) is 10.5. The van der Waals surface area contributed by atoms with Crippen molar-refractivity contribution in [1.82, 2.24) is 4.98 Å². The van der Waals surface area contributed by atoms with Crippen LogP contribution in [0.3, 0.4) is 0 Å². The summed E-state index contributed by atoms with van der Waals surface area (Å²) in [7, 11) is 1.01. The molecule has 0 amide bonds. The van der Waals surface area contributed by atoms with Crippen molar-refractivity contribution < 1.29 is 74.0 Å². The maximum absolute atomic E-state index is 12.4. The van der Waals surface area contributed by atoms with E-state index in [1.807, 2.05) is 0 Å². The summed E-state index contributed by atoms with van der Waals surface area (Å²) in [5.74, 6) is -0.659. The van der Waals surface area contributed by atoms with Crippen LogP contribution in [0.5, 0.6) is 5.88 Å². The smallest absolute Gasteiger partial charge is 0.483 e. The SMILES string of the molecule is COc1ncc([N+](=O)[O-])cc1[B-](F)(F)F.[K+]. The second-order valence-corrected chi connectivity index (χ2v) is 2.62. The predicted molar refractivity (Wildman–Crippen MR) is 46.2 cm³/mol. The average molecular weight is 260 g/mol. The summed E-state index contributed by atoms with van der Waals surface area (Å²) in [6, 6.07) is 0.409. The first-order valence-electron chi connectivity index (χ1n) is 3.74. The Labute approximate surface area is 131 Å². The predicted octanol–water partition coefficient (Wildman–Crippen LogP) is -1.94. The van der Waals surface area contributed by atoms with E-state index in [4.69, 9.17) is 0 Å². The largest absolute Gasteiger partial charge is 1.00 e. The number of halogens is 3. The fourth-order valence-electron chi connectivity index (χ4n) is 0.963. The Morgan fingerprint density at radius 2 is 2.06 bits per heavy atom. The molecule has 0 saturated heterocycles. The monoisotopic (exact) mass is 260 g/mol. The molecule has 0 aromatic carbocycles. The third kappa shape index (κ3) is 3.70. The molecule has 0 aliphatic heterocycles. The van der Waals surface area contributed by atoms with Crippen molar-refractivity contribution in [1.29, 1.82) is 0 Å². The van der Waals surface area contributed by atoms with Crippen LogP contribution in [0.2, 0.25) is 0 Å². The zero-order valence-electron chi connectivity index (χ0n) is 8.49. The minimum absolute atomic E-state index is 0. The summed E-state index contributed by atoms with van der Waals surface area (Å²) in [6.07, 6.45) is 0.712. The molecule has 0 N–H and O–H groups in total. The number of hydrogen-bond donors (Lipinski definition) is 0. The van der Waals surface area contributed by atoms with Crippen LogP contribution in [0.1, 0.15) is 0 Å². The van der Waals surface area contributed by atoms with Gasteiger partial charge in [-0.1, -0.05) is 0 Å². The molecule has 1 aromatic rings. The van der Waals surface area contributed by atoms with E-state index in [9.17, 15) is 23.1 Å². The van der Waals surface area contributed by atoms with Gasteiger partial charge in [-0.25, -0.2) is 4.98 Å². The molecule has 5 nitrogen and oxygen atoms in total. The summed E-state index contributed by atoms with van der Waals surface area (Å²) >= 11 is 0. The first-order valence-corrected chi connectivity index (χ1v) is 3.74. The third-order valence-electron chi connectivity index (χ3n) is 1.62.